The van der Waals surface area contributed by atoms with Crippen molar-refractivity contribution in [3.05, 3.63) is 58.3 Å². The number of benzene rings is 1. The number of carbonyl (C=O) groups is 1. The number of likely N-dealkylation sites (tertiary alicyclic amines) is 1. The van der Waals surface area contributed by atoms with E-state index >= 15 is 0 Å². The molecule has 3 rings (SSSR count). The van der Waals surface area contributed by atoms with E-state index in [9.17, 15) is 4.79 Å². The zero-order chi connectivity index (χ0) is 17.3. The summed E-state index contributed by atoms with van der Waals surface area (Å²) < 4.78 is 0. The normalized spacial score (nSPS) is 16.0. The third kappa shape index (κ3) is 5.98. The van der Waals surface area contributed by atoms with Gasteiger partial charge in [-0.15, -0.1) is 11.3 Å². The number of hydrogen-bond acceptors (Lipinski definition) is 3. The van der Waals surface area contributed by atoms with Crippen molar-refractivity contribution in [1.82, 2.24) is 10.2 Å². The maximum atomic E-state index is 12.0. The van der Waals surface area contributed by atoms with Gasteiger partial charge in [0.25, 0.3) is 0 Å². The molecule has 3 nitrogen and oxygen atoms in total. The number of thiophene rings is 1. The van der Waals surface area contributed by atoms with Gasteiger partial charge in [0.2, 0.25) is 5.91 Å². The summed E-state index contributed by atoms with van der Waals surface area (Å²) >= 11 is 1.88. The second-order valence-corrected chi connectivity index (χ2v) is 7.80. The predicted octanol–water partition coefficient (Wildman–Crippen LogP) is 4.07. The van der Waals surface area contributed by atoms with Crippen LogP contribution in [0.5, 0.6) is 0 Å². The summed E-state index contributed by atoms with van der Waals surface area (Å²) in [5, 5.41) is 5.25. The lowest BCUT2D eigenvalue weighted by atomic mass is 9.95. The lowest BCUT2D eigenvalue weighted by Gasteiger charge is -2.31. The summed E-state index contributed by atoms with van der Waals surface area (Å²) in [6, 6.07) is 14.8. The fraction of sp³-hybridized carbons (Fsp3) is 0.476. The Morgan fingerprint density at radius 3 is 2.64 bits per heavy atom. The van der Waals surface area contributed by atoms with Crippen LogP contribution in [0.2, 0.25) is 0 Å². The highest BCUT2D eigenvalue weighted by Crippen LogP contribution is 2.30. The minimum Gasteiger partial charge on any atom is -0.355 e. The largest absolute Gasteiger partial charge is 0.355 e. The highest BCUT2D eigenvalue weighted by Gasteiger charge is 2.20. The van der Waals surface area contributed by atoms with Crippen LogP contribution in [0.15, 0.2) is 47.8 Å². The third-order valence-corrected chi connectivity index (χ3v) is 6.03. The number of amides is 1. The van der Waals surface area contributed by atoms with Gasteiger partial charge in [-0.2, -0.15) is 0 Å². The lowest BCUT2D eigenvalue weighted by Crippen LogP contribution is -2.39. The van der Waals surface area contributed by atoms with E-state index in [1.807, 2.05) is 17.4 Å². The summed E-state index contributed by atoms with van der Waals surface area (Å²) in [5.41, 5.74) is 1.31. The Hall–Kier alpha value is -1.65. The van der Waals surface area contributed by atoms with Crippen molar-refractivity contribution in [3.8, 4) is 0 Å². The molecule has 25 heavy (non-hydrogen) atoms. The highest BCUT2D eigenvalue weighted by molar-refractivity contribution is 7.10. The number of hydrogen-bond donors (Lipinski definition) is 1. The maximum absolute atomic E-state index is 12.0. The van der Waals surface area contributed by atoms with Gasteiger partial charge in [-0.25, -0.2) is 0 Å². The summed E-state index contributed by atoms with van der Waals surface area (Å²) in [4.78, 5) is 16.0. The average molecular weight is 357 g/mol. The Morgan fingerprint density at radius 2 is 1.92 bits per heavy atom. The Labute approximate surface area is 155 Å². The molecule has 0 spiro atoms. The van der Waals surface area contributed by atoms with E-state index in [2.05, 4.69) is 52.0 Å². The number of piperidine rings is 1. The zero-order valence-corrected chi connectivity index (χ0v) is 15.6. The summed E-state index contributed by atoms with van der Waals surface area (Å²) in [6.07, 6.45) is 5.00. The van der Waals surface area contributed by atoms with E-state index in [1.165, 1.54) is 23.3 Å². The molecule has 1 fully saturated rings. The van der Waals surface area contributed by atoms with Gasteiger partial charge in [0, 0.05) is 24.4 Å². The fourth-order valence-electron chi connectivity index (χ4n) is 3.50. The van der Waals surface area contributed by atoms with Crippen LogP contribution >= 0.6 is 11.3 Å². The molecule has 2 aromatic rings. The number of carbonyl (C=O) groups excluding carboxylic acids is 1. The molecular formula is C21H28N2OS. The Balaban J connectivity index is 1.25. The number of rotatable bonds is 8. The van der Waals surface area contributed by atoms with Gasteiger partial charge >= 0.3 is 0 Å². The van der Waals surface area contributed by atoms with Crippen molar-refractivity contribution in [1.29, 1.82) is 0 Å². The molecule has 1 amide bonds. The Kier molecular flexibility index (Phi) is 7.07. The van der Waals surface area contributed by atoms with Crippen LogP contribution in [0, 0.1) is 0 Å². The first-order chi connectivity index (χ1) is 12.3. The topological polar surface area (TPSA) is 32.3 Å². The second-order valence-electron chi connectivity index (χ2n) is 6.82. The molecule has 1 aliphatic rings. The van der Waals surface area contributed by atoms with E-state index in [4.69, 9.17) is 0 Å². The van der Waals surface area contributed by atoms with Crippen LogP contribution < -0.4 is 5.32 Å². The number of nitrogens with zero attached hydrogens (tertiary/aromatic N) is 1. The molecule has 4 heteroatoms. The summed E-state index contributed by atoms with van der Waals surface area (Å²) in [6.45, 7) is 4.04. The molecule has 0 radical (unpaired) electrons. The third-order valence-electron chi connectivity index (χ3n) is 5.00. The van der Waals surface area contributed by atoms with E-state index in [-0.39, 0.29) is 5.91 Å². The Bertz CT molecular complexity index is 619. The van der Waals surface area contributed by atoms with Gasteiger partial charge in [0.05, 0.1) is 0 Å². The van der Waals surface area contributed by atoms with Crippen LogP contribution in [0.4, 0.5) is 0 Å². The molecule has 2 heterocycles. The van der Waals surface area contributed by atoms with Crippen molar-refractivity contribution in [2.24, 2.45) is 0 Å². The van der Waals surface area contributed by atoms with Crippen LogP contribution in [-0.2, 0) is 11.2 Å². The molecule has 0 saturated carbocycles. The average Bonchev–Trinajstić information content (AvgIpc) is 3.18. The van der Waals surface area contributed by atoms with E-state index in [0.717, 1.165) is 44.9 Å². The molecule has 1 aromatic carbocycles. The van der Waals surface area contributed by atoms with Gasteiger partial charge in [-0.05, 0) is 61.7 Å². The second kappa shape index (κ2) is 9.73. The summed E-state index contributed by atoms with van der Waals surface area (Å²) in [5.74, 6) is 0.924. The molecule has 1 aromatic heterocycles. The van der Waals surface area contributed by atoms with Crippen molar-refractivity contribution >= 4 is 17.2 Å². The monoisotopic (exact) mass is 356 g/mol. The van der Waals surface area contributed by atoms with Crippen molar-refractivity contribution in [2.45, 2.75) is 38.0 Å². The van der Waals surface area contributed by atoms with E-state index in [1.54, 1.807) is 0 Å². The molecule has 0 bridgehead atoms. The minimum absolute atomic E-state index is 0.185. The van der Waals surface area contributed by atoms with Gasteiger partial charge in [0.1, 0.15) is 0 Å². The first-order valence-electron chi connectivity index (χ1n) is 9.37. The molecule has 0 unspecified atom stereocenters. The van der Waals surface area contributed by atoms with E-state index in [0.29, 0.717) is 6.42 Å². The molecule has 1 saturated heterocycles. The van der Waals surface area contributed by atoms with Gasteiger partial charge in [-0.3, -0.25) is 4.79 Å². The predicted molar refractivity (Wildman–Crippen MR) is 105 cm³/mol. The zero-order valence-electron chi connectivity index (χ0n) is 14.8. The molecule has 1 N–H and O–H groups in total. The first kappa shape index (κ1) is 18.2. The van der Waals surface area contributed by atoms with Crippen LogP contribution in [-0.4, -0.2) is 37.0 Å². The standard InChI is InChI=1S/C21H28N2OS/c24-21(10-4-8-18-6-2-1-3-7-18)22-13-16-23-14-11-19(12-15-23)20-9-5-17-25-20/h1-3,5-7,9,17,19H,4,8,10-16H2,(H,22,24). The minimum atomic E-state index is 0.185. The molecule has 0 aliphatic carbocycles. The maximum Gasteiger partial charge on any atom is 0.220 e. The molecule has 134 valence electrons. The van der Waals surface area contributed by atoms with Crippen molar-refractivity contribution < 1.29 is 4.79 Å². The van der Waals surface area contributed by atoms with Crippen LogP contribution in [0.1, 0.15) is 42.0 Å². The quantitative estimate of drug-likeness (QED) is 0.773. The van der Waals surface area contributed by atoms with Gasteiger partial charge < -0.3 is 10.2 Å². The summed E-state index contributed by atoms with van der Waals surface area (Å²) in [7, 11) is 0. The van der Waals surface area contributed by atoms with Crippen molar-refractivity contribution in [2.75, 3.05) is 26.2 Å². The van der Waals surface area contributed by atoms with Gasteiger partial charge in [0.15, 0.2) is 0 Å². The number of nitrogens with one attached hydrogen (secondary N) is 1. The smallest absolute Gasteiger partial charge is 0.220 e. The molecule has 0 atom stereocenters. The van der Waals surface area contributed by atoms with Crippen molar-refractivity contribution in [3.63, 3.8) is 0 Å². The molecular weight excluding hydrogens is 328 g/mol. The fourth-order valence-corrected chi connectivity index (χ4v) is 4.40. The SMILES string of the molecule is O=C(CCCc1ccccc1)NCCN1CCC(c2cccs2)CC1. The van der Waals surface area contributed by atoms with Crippen LogP contribution in [0.3, 0.4) is 0 Å². The Morgan fingerprint density at radius 1 is 1.12 bits per heavy atom. The molecule has 1 aliphatic heterocycles. The first-order valence-corrected chi connectivity index (χ1v) is 10.3. The van der Waals surface area contributed by atoms with Gasteiger partial charge in [-0.1, -0.05) is 36.4 Å². The highest BCUT2D eigenvalue weighted by atomic mass is 32.1. The van der Waals surface area contributed by atoms with E-state index < -0.39 is 0 Å². The van der Waals surface area contributed by atoms with Crippen LogP contribution in [0.25, 0.3) is 0 Å². The number of aryl methyl sites for hydroxylation is 1. The lowest BCUT2D eigenvalue weighted by molar-refractivity contribution is -0.121.